The summed E-state index contributed by atoms with van der Waals surface area (Å²) in [5.74, 6) is -1.19. The second-order valence-corrected chi connectivity index (χ2v) is 2.68. The van der Waals surface area contributed by atoms with E-state index in [0.717, 1.165) is 0 Å². The zero-order chi connectivity index (χ0) is 9.35. The Balaban J connectivity index is 2.94. The summed E-state index contributed by atoms with van der Waals surface area (Å²) < 4.78 is 0. The van der Waals surface area contributed by atoms with Gasteiger partial charge < -0.3 is 10.2 Å². The van der Waals surface area contributed by atoms with Crippen molar-refractivity contribution in [2.24, 2.45) is 5.10 Å². The van der Waals surface area contributed by atoms with Crippen LogP contribution in [0.1, 0.15) is 13.3 Å². The lowest BCUT2D eigenvalue weighted by molar-refractivity contribution is -0.148. The molecule has 0 saturated heterocycles. The topological polar surface area (TPSA) is 90.2 Å². The Hall–Kier alpha value is -1.59. The molecule has 0 unspecified atom stereocenters. The summed E-state index contributed by atoms with van der Waals surface area (Å²) in [4.78, 5) is 21.1. The summed E-state index contributed by atoms with van der Waals surface area (Å²) in [5, 5.41) is 21.2. The number of amides is 1. The van der Waals surface area contributed by atoms with Gasteiger partial charge >= 0.3 is 12.1 Å². The van der Waals surface area contributed by atoms with Crippen molar-refractivity contribution < 1.29 is 19.8 Å². The molecule has 1 aliphatic rings. The predicted molar refractivity (Wildman–Crippen MR) is 39.0 cm³/mol. The molecule has 0 fully saturated rings. The SMILES string of the molecule is C[C@@]1(C(=O)O)CC=NN1C(=O)O. The number of hydrazone groups is 1. The molecule has 1 rings (SSSR count). The number of carboxylic acids is 1. The van der Waals surface area contributed by atoms with Crippen LogP contribution in [0, 0.1) is 0 Å². The number of aliphatic carboxylic acids is 1. The summed E-state index contributed by atoms with van der Waals surface area (Å²) in [7, 11) is 0. The highest BCUT2D eigenvalue weighted by molar-refractivity contribution is 5.89. The highest BCUT2D eigenvalue weighted by Gasteiger charge is 2.45. The molecule has 0 bridgehead atoms. The van der Waals surface area contributed by atoms with E-state index in [2.05, 4.69) is 5.10 Å². The van der Waals surface area contributed by atoms with Gasteiger partial charge in [0.1, 0.15) is 0 Å². The number of hydrogen-bond donors (Lipinski definition) is 2. The van der Waals surface area contributed by atoms with E-state index in [1.807, 2.05) is 0 Å². The number of carbonyl (C=O) groups is 2. The summed E-state index contributed by atoms with van der Waals surface area (Å²) in [5.41, 5.74) is -1.44. The van der Waals surface area contributed by atoms with Gasteiger partial charge in [-0.15, -0.1) is 0 Å². The fraction of sp³-hybridized carbons (Fsp3) is 0.500. The zero-order valence-electron chi connectivity index (χ0n) is 6.39. The van der Waals surface area contributed by atoms with E-state index >= 15 is 0 Å². The van der Waals surface area contributed by atoms with E-state index < -0.39 is 17.6 Å². The van der Waals surface area contributed by atoms with Crippen molar-refractivity contribution in [3.63, 3.8) is 0 Å². The molecule has 0 saturated carbocycles. The molecule has 2 N–H and O–H groups in total. The van der Waals surface area contributed by atoms with Gasteiger partial charge in [0.2, 0.25) is 0 Å². The van der Waals surface area contributed by atoms with Crippen molar-refractivity contribution in [1.82, 2.24) is 5.01 Å². The average molecular weight is 172 g/mol. The zero-order valence-corrected chi connectivity index (χ0v) is 6.39. The Morgan fingerprint density at radius 3 is 2.50 bits per heavy atom. The molecule has 1 amide bonds. The van der Waals surface area contributed by atoms with Crippen LogP contribution in [0.5, 0.6) is 0 Å². The molecule has 0 aromatic heterocycles. The first kappa shape index (κ1) is 8.51. The van der Waals surface area contributed by atoms with Crippen molar-refractivity contribution in [1.29, 1.82) is 0 Å². The van der Waals surface area contributed by atoms with Gasteiger partial charge in [-0.25, -0.2) is 9.59 Å². The van der Waals surface area contributed by atoms with E-state index in [4.69, 9.17) is 10.2 Å². The number of carboxylic acid groups (broad SMARTS) is 2. The molecule has 0 spiro atoms. The van der Waals surface area contributed by atoms with E-state index in [0.29, 0.717) is 5.01 Å². The molecule has 12 heavy (non-hydrogen) atoms. The van der Waals surface area contributed by atoms with Crippen molar-refractivity contribution in [3.05, 3.63) is 0 Å². The van der Waals surface area contributed by atoms with Crippen molar-refractivity contribution in [2.75, 3.05) is 0 Å². The van der Waals surface area contributed by atoms with Gasteiger partial charge in [-0.2, -0.15) is 10.1 Å². The summed E-state index contributed by atoms with van der Waals surface area (Å²) in [6.45, 7) is 1.32. The number of rotatable bonds is 1. The van der Waals surface area contributed by atoms with E-state index in [1.54, 1.807) is 0 Å². The summed E-state index contributed by atoms with van der Waals surface area (Å²) in [6.07, 6.45) is 0.0327. The maximum absolute atomic E-state index is 10.7. The molecule has 1 aliphatic heterocycles. The third kappa shape index (κ3) is 1.01. The standard InChI is InChI=1S/C6H8N2O4/c1-6(4(9)10)2-3-7-8(6)5(11)12/h3H,2H2,1H3,(H,9,10)(H,11,12)/t6-/m0/s1. The summed E-state index contributed by atoms with van der Waals surface area (Å²) >= 11 is 0. The van der Waals surface area contributed by atoms with Crippen LogP contribution in [-0.4, -0.2) is 39.0 Å². The van der Waals surface area contributed by atoms with Crippen molar-refractivity contribution in [3.8, 4) is 0 Å². The molecular formula is C6H8N2O4. The van der Waals surface area contributed by atoms with Crippen LogP contribution in [0.3, 0.4) is 0 Å². The van der Waals surface area contributed by atoms with Crippen LogP contribution in [0.2, 0.25) is 0 Å². The summed E-state index contributed by atoms with van der Waals surface area (Å²) in [6, 6.07) is 0. The minimum atomic E-state index is -1.44. The second-order valence-electron chi connectivity index (χ2n) is 2.68. The minimum absolute atomic E-state index is 0.106. The molecule has 0 radical (unpaired) electrons. The lowest BCUT2D eigenvalue weighted by atomic mass is 10.00. The predicted octanol–water partition coefficient (Wildman–Crippen LogP) is 0.199. The van der Waals surface area contributed by atoms with Crippen LogP contribution < -0.4 is 0 Å². The van der Waals surface area contributed by atoms with Gasteiger partial charge in [-0.05, 0) is 6.92 Å². The highest BCUT2D eigenvalue weighted by atomic mass is 16.4. The molecule has 0 aromatic carbocycles. The molecular weight excluding hydrogens is 164 g/mol. The monoisotopic (exact) mass is 172 g/mol. The van der Waals surface area contributed by atoms with Crippen LogP contribution in [-0.2, 0) is 4.79 Å². The van der Waals surface area contributed by atoms with Crippen LogP contribution in [0.15, 0.2) is 5.10 Å². The Morgan fingerprint density at radius 2 is 2.17 bits per heavy atom. The van der Waals surface area contributed by atoms with Crippen molar-refractivity contribution in [2.45, 2.75) is 18.9 Å². The van der Waals surface area contributed by atoms with Crippen LogP contribution >= 0.6 is 0 Å². The highest BCUT2D eigenvalue weighted by Crippen LogP contribution is 2.24. The van der Waals surface area contributed by atoms with Gasteiger partial charge in [0, 0.05) is 12.6 Å². The van der Waals surface area contributed by atoms with Gasteiger partial charge in [-0.1, -0.05) is 0 Å². The van der Waals surface area contributed by atoms with E-state index in [9.17, 15) is 9.59 Å². The lowest BCUT2D eigenvalue weighted by Gasteiger charge is -2.25. The molecule has 6 nitrogen and oxygen atoms in total. The fourth-order valence-electron chi connectivity index (χ4n) is 0.953. The Kier molecular flexibility index (Phi) is 1.75. The normalized spacial score (nSPS) is 27.6. The van der Waals surface area contributed by atoms with Gasteiger partial charge in [0.15, 0.2) is 5.54 Å². The number of nitrogens with zero attached hydrogens (tertiary/aromatic N) is 2. The largest absolute Gasteiger partial charge is 0.479 e. The molecule has 6 heteroatoms. The molecule has 1 atom stereocenters. The first-order valence-corrected chi connectivity index (χ1v) is 3.27. The van der Waals surface area contributed by atoms with Crippen molar-refractivity contribution >= 4 is 18.3 Å². The average Bonchev–Trinajstić information content (AvgIpc) is 2.32. The maximum Gasteiger partial charge on any atom is 0.429 e. The van der Waals surface area contributed by atoms with Gasteiger partial charge in [0.25, 0.3) is 0 Å². The fourth-order valence-corrected chi connectivity index (χ4v) is 0.953. The van der Waals surface area contributed by atoms with E-state index in [-0.39, 0.29) is 6.42 Å². The molecule has 1 heterocycles. The quantitative estimate of drug-likeness (QED) is 0.591. The lowest BCUT2D eigenvalue weighted by Crippen LogP contribution is -2.49. The van der Waals surface area contributed by atoms with Gasteiger partial charge in [0.05, 0.1) is 0 Å². The first-order chi connectivity index (χ1) is 5.48. The maximum atomic E-state index is 10.7. The third-order valence-corrected chi connectivity index (χ3v) is 1.80. The van der Waals surface area contributed by atoms with Gasteiger partial charge in [-0.3, -0.25) is 0 Å². The number of hydrogen-bond acceptors (Lipinski definition) is 3. The Labute approximate surface area is 68.1 Å². The smallest absolute Gasteiger partial charge is 0.429 e. The second kappa shape index (κ2) is 2.47. The minimum Gasteiger partial charge on any atom is -0.479 e. The van der Waals surface area contributed by atoms with E-state index in [1.165, 1.54) is 13.1 Å². The first-order valence-electron chi connectivity index (χ1n) is 3.27. The molecule has 66 valence electrons. The van der Waals surface area contributed by atoms with Crippen LogP contribution in [0.25, 0.3) is 0 Å². The molecule has 0 aromatic rings. The molecule has 0 aliphatic carbocycles. The van der Waals surface area contributed by atoms with Crippen LogP contribution in [0.4, 0.5) is 4.79 Å². The Morgan fingerprint density at radius 1 is 1.58 bits per heavy atom. The Bertz CT molecular complexity index is 262. The third-order valence-electron chi connectivity index (χ3n) is 1.80.